The van der Waals surface area contributed by atoms with Gasteiger partial charge in [-0.2, -0.15) is 0 Å². The summed E-state index contributed by atoms with van der Waals surface area (Å²) < 4.78 is 89.2. The molecule has 25 heteroatoms. The summed E-state index contributed by atoms with van der Waals surface area (Å²) in [7, 11) is -5.09. The van der Waals surface area contributed by atoms with Crippen molar-refractivity contribution in [2.75, 3.05) is 13.2 Å². The first-order valence-electron chi connectivity index (χ1n) is 25.9. The average molecular weight is 1090 g/mol. The molecule has 7 fully saturated rings. The molecule has 10 N–H and O–H groups in total. The first-order chi connectivity index (χ1) is 34.0. The predicted octanol–water partition coefficient (Wildman–Crippen LogP) is -4.23. The maximum atomic E-state index is 13.1. The van der Waals surface area contributed by atoms with E-state index in [1.807, 2.05) is 13.8 Å². The van der Waals surface area contributed by atoms with Crippen molar-refractivity contribution >= 4 is 16.2 Å². The van der Waals surface area contributed by atoms with Gasteiger partial charge >= 0.3 is 29.6 Å². The fourth-order valence-electron chi connectivity index (χ4n) is 14.1. The first kappa shape index (κ1) is 61.2. The molecule has 0 aromatic rings. The van der Waals surface area contributed by atoms with Crippen molar-refractivity contribution in [3.05, 3.63) is 11.6 Å². The van der Waals surface area contributed by atoms with E-state index in [0.29, 0.717) is 32.1 Å². The maximum Gasteiger partial charge on any atom is 1.00 e. The summed E-state index contributed by atoms with van der Waals surface area (Å²) in [6, 6.07) is 0. The number of carbonyl (C=O) groups is 1. The Balaban J connectivity index is 0.00000800. The number of fused-ring (bicyclic) bond motifs is 5. The molecule has 4 aliphatic carbocycles. The monoisotopic (exact) mass is 1090 g/mol. The van der Waals surface area contributed by atoms with Crippen LogP contribution in [-0.4, -0.2) is 211 Å². The Morgan fingerprint density at radius 3 is 2.01 bits per heavy atom. The molecule has 27 atom stereocenters. The summed E-state index contributed by atoms with van der Waals surface area (Å²) in [5.41, 5.74) is -1.15. The van der Waals surface area contributed by atoms with Crippen molar-refractivity contribution < 1.29 is 140 Å². The van der Waals surface area contributed by atoms with Crippen LogP contribution in [0.4, 0.5) is 0 Å². The van der Waals surface area contributed by atoms with E-state index >= 15 is 0 Å². The standard InChI is InChI=1S/C49H80O23S.Na/c1-20(2)14-23(50)17-49(7,60)32-9-8-26-25-16-30(28-15-24(72-73(61,62)63)10-12-47(28,5)27(25)11-13-48(26,32)6)68-45-40(59)41(34(53)22(4)67-45)70-46-42(71-44-39(58)37(56)33(52)21(3)66-44)36(55)31(19-65-46)69-43-38(57)35(54)29(51)18-64-43;/h11,20-22,24-26,28-46,51-60H,8-10,12-19H2,1-7H3,(H,61,62,63);/q;+1/p-1/t21?,22?,24-,25?,26?,28?,29?,30-,31?,32-,33?,34?,35?,36?,37?,38?,39?,40?,41?,42?,43?,44?,45?,46?,47+,48-,49-;/m0./s1. The maximum absolute atomic E-state index is 13.1. The molecule has 8 aliphatic rings. The Morgan fingerprint density at radius 1 is 0.743 bits per heavy atom. The molecule has 0 aromatic heterocycles. The molecule has 4 aliphatic heterocycles. The van der Waals surface area contributed by atoms with Gasteiger partial charge in [-0.3, -0.25) is 8.98 Å². The average Bonchev–Trinajstić information content (AvgIpc) is 3.67. The molecule has 4 saturated heterocycles. The fourth-order valence-corrected chi connectivity index (χ4v) is 14.6. The number of aliphatic hydroxyl groups excluding tert-OH is 9. The Labute approximate surface area is 454 Å². The number of hydrogen-bond donors (Lipinski definition) is 10. The molecule has 23 nitrogen and oxygen atoms in total. The molecule has 0 radical (unpaired) electrons. The summed E-state index contributed by atoms with van der Waals surface area (Å²) in [4.78, 5) is 13.1. The van der Waals surface area contributed by atoms with Crippen LogP contribution in [0.2, 0.25) is 0 Å². The van der Waals surface area contributed by atoms with Crippen molar-refractivity contribution in [1.29, 1.82) is 0 Å². The van der Waals surface area contributed by atoms with E-state index in [4.69, 9.17) is 42.1 Å². The Hall–Kier alpha value is -0.440. The molecule has 3 saturated carbocycles. The van der Waals surface area contributed by atoms with Crippen molar-refractivity contribution in [3.8, 4) is 0 Å². The van der Waals surface area contributed by atoms with Gasteiger partial charge in [-0.15, -0.1) is 0 Å². The van der Waals surface area contributed by atoms with Gasteiger partial charge in [0.1, 0.15) is 79.0 Å². The number of aliphatic hydroxyl groups is 10. The second-order valence-electron chi connectivity index (χ2n) is 23.4. The summed E-state index contributed by atoms with van der Waals surface area (Å²) in [6.45, 7) is 11.9. The largest absolute Gasteiger partial charge is 1.00 e. The summed E-state index contributed by atoms with van der Waals surface area (Å²) in [6.07, 6.45) is -24.7. The molecule has 74 heavy (non-hydrogen) atoms. The number of hydrogen-bond acceptors (Lipinski definition) is 23. The zero-order valence-electron chi connectivity index (χ0n) is 43.5. The Bertz CT molecular complexity index is 2070. The number of ketones is 1. The third-order valence-corrected chi connectivity index (χ3v) is 18.3. The van der Waals surface area contributed by atoms with Gasteiger partial charge in [0.05, 0.1) is 43.2 Å². The van der Waals surface area contributed by atoms with E-state index in [1.165, 1.54) is 13.8 Å². The number of ether oxygens (including phenoxy) is 8. The molecule has 0 aromatic carbocycles. The van der Waals surface area contributed by atoms with Crippen LogP contribution in [0.15, 0.2) is 11.6 Å². The zero-order chi connectivity index (χ0) is 53.4. The van der Waals surface area contributed by atoms with E-state index < -0.39 is 169 Å². The van der Waals surface area contributed by atoms with E-state index in [2.05, 4.69) is 19.9 Å². The normalized spacial score (nSPS) is 49.6. The fraction of sp³-hybridized carbons (Fsp3) is 0.939. The third-order valence-electron chi connectivity index (χ3n) is 17.8. The second-order valence-corrected chi connectivity index (χ2v) is 24.4. The minimum absolute atomic E-state index is 0. The molecule has 4 heterocycles. The van der Waals surface area contributed by atoms with Gasteiger partial charge in [0.15, 0.2) is 25.2 Å². The van der Waals surface area contributed by atoms with Crippen molar-refractivity contribution in [2.45, 2.75) is 235 Å². The Kier molecular flexibility index (Phi) is 19.5. The van der Waals surface area contributed by atoms with Gasteiger partial charge in [-0.05, 0) is 106 Å². The minimum Gasteiger partial charge on any atom is -0.726 e. The van der Waals surface area contributed by atoms with Crippen LogP contribution < -0.4 is 29.6 Å². The van der Waals surface area contributed by atoms with Crippen LogP contribution in [-0.2, 0) is 57.3 Å². The van der Waals surface area contributed by atoms with Gasteiger partial charge in [0, 0.05) is 12.8 Å². The zero-order valence-corrected chi connectivity index (χ0v) is 46.3. The van der Waals surface area contributed by atoms with Crippen molar-refractivity contribution in [1.82, 2.24) is 0 Å². The van der Waals surface area contributed by atoms with Crippen LogP contribution in [0.25, 0.3) is 0 Å². The van der Waals surface area contributed by atoms with Gasteiger partial charge < -0.3 is 93.5 Å². The van der Waals surface area contributed by atoms with Gasteiger partial charge in [-0.25, -0.2) is 8.42 Å². The predicted molar refractivity (Wildman–Crippen MR) is 247 cm³/mol. The molecule has 0 spiro atoms. The number of Topliss-reactive ketones (excluding diaryl/α,β-unsaturated/α-hetero) is 1. The van der Waals surface area contributed by atoms with E-state index in [9.17, 15) is 68.8 Å². The van der Waals surface area contributed by atoms with E-state index in [1.54, 1.807) is 6.92 Å². The first-order valence-corrected chi connectivity index (χ1v) is 27.2. The van der Waals surface area contributed by atoms with Crippen molar-refractivity contribution in [3.63, 3.8) is 0 Å². The molecule has 0 bridgehead atoms. The minimum atomic E-state index is -5.09. The smallest absolute Gasteiger partial charge is 0.726 e. The van der Waals surface area contributed by atoms with Gasteiger partial charge in [0.2, 0.25) is 10.4 Å². The molecule has 21 unspecified atom stereocenters. The van der Waals surface area contributed by atoms with Crippen LogP contribution in [0.5, 0.6) is 0 Å². The second kappa shape index (κ2) is 23.6. The molecule has 8 rings (SSSR count). The van der Waals surface area contributed by atoms with Crippen LogP contribution >= 0.6 is 0 Å². The molecule has 420 valence electrons. The van der Waals surface area contributed by atoms with Crippen LogP contribution in [0.3, 0.4) is 0 Å². The van der Waals surface area contributed by atoms with E-state index in [-0.39, 0.29) is 78.3 Å². The number of rotatable bonds is 15. The number of allylic oxidation sites excluding steroid dienone is 2. The van der Waals surface area contributed by atoms with E-state index in [0.717, 1.165) is 12.0 Å². The topological polar surface area (TPSA) is 360 Å². The molecular formula is C49H79NaO23S. The number of carbonyl (C=O) groups excluding carboxylic acids is 1. The SMILES string of the molecule is CC(C)CC(=O)C[C@](C)(O)[C@H]1CCC2C3C[C@H](OC4OC(C)C(O)C(OC5OCC(OC6OCC(O)C(O)C6O)C(O)C5OC5OC(C)C(O)C(O)C5O)C4O)C4C[C@@H](OS(=O)(=O)[O-])CC[C@]4(C)C3=CC[C@@]21C.[Na+]. The van der Waals surface area contributed by atoms with Gasteiger partial charge in [-0.1, -0.05) is 39.3 Å². The van der Waals surface area contributed by atoms with Crippen molar-refractivity contribution in [2.24, 2.45) is 40.4 Å². The summed E-state index contributed by atoms with van der Waals surface area (Å²) in [5.74, 6) is -0.636. The third kappa shape index (κ3) is 12.2. The molecular weight excluding hydrogens is 1010 g/mol. The van der Waals surface area contributed by atoms with Gasteiger partial charge in [0.25, 0.3) is 0 Å². The quantitative estimate of drug-likeness (QED) is 0.0321. The van der Waals surface area contributed by atoms with Crippen LogP contribution in [0.1, 0.15) is 106 Å². The summed E-state index contributed by atoms with van der Waals surface area (Å²) in [5, 5.41) is 111. The molecule has 0 amide bonds. The summed E-state index contributed by atoms with van der Waals surface area (Å²) >= 11 is 0. The van der Waals surface area contributed by atoms with Crippen LogP contribution in [0, 0.1) is 40.4 Å². The Morgan fingerprint density at radius 2 is 1.35 bits per heavy atom.